The van der Waals surface area contributed by atoms with Crippen molar-refractivity contribution in [3.05, 3.63) is 29.3 Å². The van der Waals surface area contributed by atoms with E-state index in [4.69, 9.17) is 17.3 Å². The molecule has 0 radical (unpaired) electrons. The molecule has 1 aromatic rings. The molecular formula is C10H7ClF3N. The first-order valence-corrected chi connectivity index (χ1v) is 4.50. The van der Waals surface area contributed by atoms with Gasteiger partial charge in [-0.25, -0.2) is 0 Å². The molecule has 0 fully saturated rings. The number of rotatable bonds is 0. The lowest BCUT2D eigenvalue weighted by molar-refractivity contribution is -0.137. The van der Waals surface area contributed by atoms with Crippen molar-refractivity contribution >= 4 is 17.3 Å². The molecule has 2 N–H and O–H groups in total. The van der Waals surface area contributed by atoms with Crippen LogP contribution < -0.4 is 5.73 Å². The van der Waals surface area contributed by atoms with Crippen LogP contribution in [0, 0.1) is 11.8 Å². The maximum absolute atomic E-state index is 12.5. The zero-order valence-corrected chi connectivity index (χ0v) is 8.28. The fraction of sp³-hybridized carbons (Fsp3) is 0.200. The van der Waals surface area contributed by atoms with Gasteiger partial charge in [-0.15, -0.1) is 11.6 Å². The minimum Gasteiger partial charge on any atom is -0.398 e. The van der Waals surface area contributed by atoms with Gasteiger partial charge in [0.05, 0.1) is 17.0 Å². The third-order valence-corrected chi connectivity index (χ3v) is 1.82. The molecule has 15 heavy (non-hydrogen) atoms. The van der Waals surface area contributed by atoms with E-state index in [0.29, 0.717) is 0 Å². The monoisotopic (exact) mass is 233 g/mol. The van der Waals surface area contributed by atoms with E-state index in [2.05, 4.69) is 11.8 Å². The molecule has 0 aromatic heterocycles. The number of anilines is 1. The summed E-state index contributed by atoms with van der Waals surface area (Å²) >= 11 is 5.27. The van der Waals surface area contributed by atoms with Crippen LogP contribution in [-0.2, 0) is 6.18 Å². The second-order valence-corrected chi connectivity index (χ2v) is 2.97. The van der Waals surface area contributed by atoms with Crippen LogP contribution in [0.1, 0.15) is 11.1 Å². The predicted octanol–water partition coefficient (Wildman–Crippen LogP) is 2.88. The Balaban J connectivity index is 3.33. The Bertz CT molecular complexity index is 415. The molecule has 0 aliphatic carbocycles. The number of hydrogen-bond donors (Lipinski definition) is 1. The summed E-state index contributed by atoms with van der Waals surface area (Å²) in [4.78, 5) is 0. The molecule has 0 bridgehead atoms. The summed E-state index contributed by atoms with van der Waals surface area (Å²) in [6.45, 7) is 0. The van der Waals surface area contributed by atoms with Crippen molar-refractivity contribution in [3.63, 3.8) is 0 Å². The Labute approximate surface area is 90.0 Å². The average molecular weight is 234 g/mol. The van der Waals surface area contributed by atoms with Crippen LogP contribution in [0.2, 0.25) is 0 Å². The number of nitrogen functional groups attached to an aromatic ring is 1. The van der Waals surface area contributed by atoms with Crippen molar-refractivity contribution < 1.29 is 13.2 Å². The second-order valence-electron chi connectivity index (χ2n) is 2.70. The fourth-order valence-electron chi connectivity index (χ4n) is 1.07. The average Bonchev–Trinajstić information content (AvgIpc) is 2.14. The largest absolute Gasteiger partial charge is 0.417 e. The first-order valence-electron chi connectivity index (χ1n) is 3.97. The van der Waals surface area contributed by atoms with Gasteiger partial charge in [0.2, 0.25) is 0 Å². The van der Waals surface area contributed by atoms with E-state index in [1.54, 1.807) is 0 Å². The van der Waals surface area contributed by atoms with Gasteiger partial charge in [0.15, 0.2) is 0 Å². The Morgan fingerprint density at radius 3 is 2.53 bits per heavy atom. The summed E-state index contributed by atoms with van der Waals surface area (Å²) in [7, 11) is 0. The Morgan fingerprint density at radius 2 is 2.00 bits per heavy atom. The molecule has 0 amide bonds. The van der Waals surface area contributed by atoms with E-state index in [9.17, 15) is 13.2 Å². The standard InChI is InChI=1S/C10H7ClF3N/c11-6-2-3-7-8(10(12,13)14)4-1-5-9(7)15/h1,4-5H,6,15H2. The van der Waals surface area contributed by atoms with Gasteiger partial charge < -0.3 is 5.73 Å². The molecule has 0 heterocycles. The Kier molecular flexibility index (Phi) is 3.48. The molecule has 0 atom stereocenters. The van der Waals surface area contributed by atoms with Crippen molar-refractivity contribution in [2.75, 3.05) is 11.6 Å². The minimum atomic E-state index is -4.45. The summed E-state index contributed by atoms with van der Waals surface area (Å²) in [5.74, 6) is 4.63. The molecular weight excluding hydrogens is 227 g/mol. The highest BCUT2D eigenvalue weighted by Crippen LogP contribution is 2.33. The molecule has 1 aromatic carbocycles. The zero-order chi connectivity index (χ0) is 11.5. The molecule has 0 unspecified atom stereocenters. The highest BCUT2D eigenvalue weighted by Gasteiger charge is 2.33. The normalized spacial score (nSPS) is 10.7. The van der Waals surface area contributed by atoms with Crippen molar-refractivity contribution in [1.82, 2.24) is 0 Å². The maximum Gasteiger partial charge on any atom is 0.417 e. The molecule has 0 aliphatic rings. The second kappa shape index (κ2) is 4.45. The van der Waals surface area contributed by atoms with E-state index in [-0.39, 0.29) is 17.1 Å². The summed E-state index contributed by atoms with van der Waals surface area (Å²) in [5, 5.41) is 0. The third kappa shape index (κ3) is 2.80. The molecule has 0 spiro atoms. The SMILES string of the molecule is Nc1cccc(C(F)(F)F)c1C#CCCl. The van der Waals surface area contributed by atoms with E-state index in [1.807, 2.05) is 0 Å². The maximum atomic E-state index is 12.5. The van der Waals surface area contributed by atoms with E-state index in [1.165, 1.54) is 12.1 Å². The van der Waals surface area contributed by atoms with Gasteiger partial charge in [0.25, 0.3) is 0 Å². The van der Waals surface area contributed by atoms with Gasteiger partial charge in [0, 0.05) is 5.69 Å². The van der Waals surface area contributed by atoms with Crippen LogP contribution in [0.3, 0.4) is 0 Å². The topological polar surface area (TPSA) is 26.0 Å². The summed E-state index contributed by atoms with van der Waals surface area (Å²) in [6.07, 6.45) is -4.45. The first-order chi connectivity index (χ1) is 6.96. The zero-order valence-electron chi connectivity index (χ0n) is 7.53. The van der Waals surface area contributed by atoms with E-state index >= 15 is 0 Å². The van der Waals surface area contributed by atoms with E-state index < -0.39 is 11.7 Å². The smallest absolute Gasteiger partial charge is 0.398 e. The summed E-state index contributed by atoms with van der Waals surface area (Å²) < 4.78 is 37.5. The van der Waals surface area contributed by atoms with Crippen LogP contribution in [-0.4, -0.2) is 5.88 Å². The Hall–Kier alpha value is -1.34. The van der Waals surface area contributed by atoms with Gasteiger partial charge in [-0.1, -0.05) is 17.9 Å². The van der Waals surface area contributed by atoms with Gasteiger partial charge in [-0.05, 0) is 12.1 Å². The molecule has 0 saturated heterocycles. The molecule has 0 saturated carbocycles. The van der Waals surface area contributed by atoms with Crippen LogP contribution in [0.4, 0.5) is 18.9 Å². The minimum absolute atomic E-state index is 0.00226. The van der Waals surface area contributed by atoms with Crippen LogP contribution in [0.15, 0.2) is 18.2 Å². The molecule has 0 aliphatic heterocycles. The molecule has 1 rings (SSSR count). The number of halogens is 4. The quantitative estimate of drug-likeness (QED) is 0.416. The van der Waals surface area contributed by atoms with Crippen LogP contribution >= 0.6 is 11.6 Å². The highest BCUT2D eigenvalue weighted by atomic mass is 35.5. The summed E-state index contributed by atoms with van der Waals surface area (Å²) in [6, 6.07) is 3.55. The predicted molar refractivity (Wildman–Crippen MR) is 53.5 cm³/mol. The lowest BCUT2D eigenvalue weighted by Gasteiger charge is -2.10. The number of hydrogen-bond acceptors (Lipinski definition) is 1. The number of nitrogens with two attached hydrogens (primary N) is 1. The Morgan fingerprint density at radius 1 is 1.33 bits per heavy atom. The highest BCUT2D eigenvalue weighted by molar-refractivity contribution is 6.19. The van der Waals surface area contributed by atoms with Crippen LogP contribution in [0.5, 0.6) is 0 Å². The van der Waals surface area contributed by atoms with Crippen molar-refractivity contribution in [2.24, 2.45) is 0 Å². The fourth-order valence-corrected chi connectivity index (χ4v) is 1.13. The van der Waals surface area contributed by atoms with E-state index in [0.717, 1.165) is 6.07 Å². The lowest BCUT2D eigenvalue weighted by atomic mass is 10.1. The molecule has 5 heteroatoms. The van der Waals surface area contributed by atoms with Crippen molar-refractivity contribution in [3.8, 4) is 11.8 Å². The van der Waals surface area contributed by atoms with Crippen molar-refractivity contribution in [1.29, 1.82) is 0 Å². The number of benzene rings is 1. The van der Waals surface area contributed by atoms with Gasteiger partial charge in [-0.3, -0.25) is 0 Å². The first kappa shape index (κ1) is 11.7. The lowest BCUT2D eigenvalue weighted by Crippen LogP contribution is -2.09. The van der Waals surface area contributed by atoms with Crippen LogP contribution in [0.25, 0.3) is 0 Å². The third-order valence-electron chi connectivity index (χ3n) is 1.68. The van der Waals surface area contributed by atoms with Gasteiger partial charge in [-0.2, -0.15) is 13.2 Å². The van der Waals surface area contributed by atoms with Crippen molar-refractivity contribution in [2.45, 2.75) is 6.18 Å². The molecule has 1 nitrogen and oxygen atoms in total. The number of alkyl halides is 4. The van der Waals surface area contributed by atoms with Gasteiger partial charge in [0.1, 0.15) is 0 Å². The van der Waals surface area contributed by atoms with Gasteiger partial charge >= 0.3 is 6.18 Å². The molecule has 80 valence electrons. The summed E-state index contributed by atoms with van der Waals surface area (Å²) in [5.41, 5.74) is 4.37.